The SMILES string of the molecule is CC1=C(C)C[C@@H](C(=O)NCc2cccc(Cl)c2)[C@@H](C(=O)O)C1. The van der Waals surface area contributed by atoms with Crippen LogP contribution in [0.5, 0.6) is 0 Å². The molecular weight excluding hydrogens is 302 g/mol. The van der Waals surface area contributed by atoms with Gasteiger partial charge >= 0.3 is 5.97 Å². The number of carbonyl (C=O) groups is 2. The van der Waals surface area contributed by atoms with Gasteiger partial charge < -0.3 is 10.4 Å². The molecule has 0 heterocycles. The van der Waals surface area contributed by atoms with Crippen molar-refractivity contribution in [2.75, 3.05) is 0 Å². The molecule has 0 unspecified atom stereocenters. The minimum Gasteiger partial charge on any atom is -0.481 e. The van der Waals surface area contributed by atoms with Crippen LogP contribution in [0.3, 0.4) is 0 Å². The van der Waals surface area contributed by atoms with E-state index in [1.807, 2.05) is 26.0 Å². The predicted octanol–water partition coefficient (Wildman–Crippen LogP) is 3.40. The number of nitrogens with one attached hydrogen (secondary N) is 1. The molecule has 0 saturated carbocycles. The zero-order valence-electron chi connectivity index (χ0n) is 12.7. The number of rotatable bonds is 4. The smallest absolute Gasteiger partial charge is 0.307 e. The lowest BCUT2D eigenvalue weighted by molar-refractivity contribution is -0.147. The number of benzene rings is 1. The Morgan fingerprint density at radius 3 is 2.45 bits per heavy atom. The molecule has 2 atom stereocenters. The Morgan fingerprint density at radius 1 is 1.23 bits per heavy atom. The summed E-state index contributed by atoms with van der Waals surface area (Å²) in [4.78, 5) is 23.8. The van der Waals surface area contributed by atoms with Gasteiger partial charge in [0, 0.05) is 11.6 Å². The summed E-state index contributed by atoms with van der Waals surface area (Å²) in [5, 5.41) is 12.8. The highest BCUT2D eigenvalue weighted by Gasteiger charge is 2.37. The second-order valence-corrected chi connectivity index (χ2v) is 6.30. The summed E-state index contributed by atoms with van der Waals surface area (Å²) in [6.45, 7) is 4.25. The first-order valence-corrected chi connectivity index (χ1v) is 7.66. The molecular formula is C17H20ClNO3. The quantitative estimate of drug-likeness (QED) is 0.835. The second-order valence-electron chi connectivity index (χ2n) is 5.87. The lowest BCUT2D eigenvalue weighted by atomic mass is 9.76. The van der Waals surface area contributed by atoms with Crippen molar-refractivity contribution in [3.8, 4) is 0 Å². The average Bonchev–Trinajstić information content (AvgIpc) is 2.47. The Labute approximate surface area is 135 Å². The molecule has 1 aliphatic rings. The van der Waals surface area contributed by atoms with Gasteiger partial charge in [0.2, 0.25) is 5.91 Å². The van der Waals surface area contributed by atoms with E-state index in [1.54, 1.807) is 12.1 Å². The van der Waals surface area contributed by atoms with E-state index in [9.17, 15) is 14.7 Å². The Morgan fingerprint density at radius 2 is 1.86 bits per heavy atom. The van der Waals surface area contributed by atoms with Crippen molar-refractivity contribution in [3.63, 3.8) is 0 Å². The van der Waals surface area contributed by atoms with Crippen molar-refractivity contribution in [1.82, 2.24) is 5.32 Å². The lowest BCUT2D eigenvalue weighted by Gasteiger charge is -2.29. The zero-order valence-corrected chi connectivity index (χ0v) is 13.5. The standard InChI is InChI=1S/C17H20ClNO3/c1-10-6-14(15(17(21)22)7-11(10)2)16(20)19-9-12-4-3-5-13(18)8-12/h3-5,8,14-15H,6-7,9H2,1-2H3,(H,19,20)(H,21,22)/t14-,15+/m1/s1. The Hall–Kier alpha value is -1.81. The maximum atomic E-state index is 12.4. The summed E-state index contributed by atoms with van der Waals surface area (Å²) in [5.74, 6) is -2.28. The van der Waals surface area contributed by atoms with Crippen LogP contribution in [0, 0.1) is 11.8 Å². The number of hydrogen-bond acceptors (Lipinski definition) is 2. The van der Waals surface area contributed by atoms with E-state index in [0.29, 0.717) is 24.4 Å². The Kier molecular flexibility index (Phi) is 5.24. The molecule has 22 heavy (non-hydrogen) atoms. The van der Waals surface area contributed by atoms with Crippen molar-refractivity contribution < 1.29 is 14.7 Å². The maximum Gasteiger partial charge on any atom is 0.307 e. The molecule has 1 aromatic rings. The van der Waals surface area contributed by atoms with Crippen molar-refractivity contribution in [2.24, 2.45) is 11.8 Å². The summed E-state index contributed by atoms with van der Waals surface area (Å²) in [5.41, 5.74) is 3.08. The van der Waals surface area contributed by atoms with Gasteiger partial charge in [-0.15, -0.1) is 0 Å². The van der Waals surface area contributed by atoms with Gasteiger partial charge in [-0.2, -0.15) is 0 Å². The van der Waals surface area contributed by atoms with Crippen LogP contribution in [0.4, 0.5) is 0 Å². The summed E-state index contributed by atoms with van der Waals surface area (Å²) < 4.78 is 0. The van der Waals surface area contributed by atoms with Gasteiger partial charge in [-0.1, -0.05) is 34.9 Å². The van der Waals surface area contributed by atoms with Crippen LogP contribution < -0.4 is 5.32 Å². The number of halogens is 1. The van der Waals surface area contributed by atoms with Crippen LogP contribution >= 0.6 is 11.6 Å². The molecule has 4 nitrogen and oxygen atoms in total. The fourth-order valence-electron chi connectivity index (χ4n) is 2.79. The van der Waals surface area contributed by atoms with Gasteiger partial charge in [-0.3, -0.25) is 9.59 Å². The molecule has 1 amide bonds. The largest absolute Gasteiger partial charge is 0.481 e. The molecule has 118 valence electrons. The normalized spacial score (nSPS) is 21.6. The molecule has 0 bridgehead atoms. The van der Waals surface area contributed by atoms with E-state index >= 15 is 0 Å². The third-order valence-electron chi connectivity index (χ3n) is 4.28. The van der Waals surface area contributed by atoms with E-state index in [0.717, 1.165) is 16.7 Å². The van der Waals surface area contributed by atoms with Gasteiger partial charge in [-0.05, 0) is 44.4 Å². The third-order valence-corrected chi connectivity index (χ3v) is 4.51. The highest BCUT2D eigenvalue weighted by Crippen LogP contribution is 2.34. The number of carbonyl (C=O) groups excluding carboxylic acids is 1. The number of carboxylic acids is 1. The first kappa shape index (κ1) is 16.6. The predicted molar refractivity (Wildman–Crippen MR) is 85.5 cm³/mol. The fraction of sp³-hybridized carbons (Fsp3) is 0.412. The second kappa shape index (κ2) is 6.97. The van der Waals surface area contributed by atoms with Gasteiger partial charge in [0.25, 0.3) is 0 Å². The molecule has 1 aliphatic carbocycles. The van der Waals surface area contributed by atoms with Crippen LogP contribution in [-0.2, 0) is 16.1 Å². The summed E-state index contributed by atoms with van der Waals surface area (Å²) in [6.07, 6.45) is 0.945. The van der Waals surface area contributed by atoms with Gasteiger partial charge in [0.1, 0.15) is 0 Å². The van der Waals surface area contributed by atoms with E-state index < -0.39 is 17.8 Å². The highest BCUT2D eigenvalue weighted by atomic mass is 35.5. The van der Waals surface area contributed by atoms with Crippen LogP contribution in [0.15, 0.2) is 35.4 Å². The van der Waals surface area contributed by atoms with Crippen molar-refractivity contribution in [1.29, 1.82) is 0 Å². The first-order valence-electron chi connectivity index (χ1n) is 7.28. The Bertz CT molecular complexity index is 624. The van der Waals surface area contributed by atoms with Crippen LogP contribution in [0.25, 0.3) is 0 Å². The summed E-state index contributed by atoms with van der Waals surface area (Å²) in [6, 6.07) is 7.25. The van der Waals surface area contributed by atoms with E-state index in [2.05, 4.69) is 5.32 Å². The molecule has 1 aromatic carbocycles. The topological polar surface area (TPSA) is 66.4 Å². The molecule has 2 N–H and O–H groups in total. The zero-order chi connectivity index (χ0) is 16.3. The summed E-state index contributed by atoms with van der Waals surface area (Å²) >= 11 is 5.91. The molecule has 2 rings (SSSR count). The average molecular weight is 322 g/mol. The minimum atomic E-state index is -0.908. The Balaban J connectivity index is 2.05. The molecule has 0 spiro atoms. The monoisotopic (exact) mass is 321 g/mol. The van der Waals surface area contributed by atoms with Crippen LogP contribution in [0.1, 0.15) is 32.3 Å². The van der Waals surface area contributed by atoms with Crippen LogP contribution in [0.2, 0.25) is 5.02 Å². The number of hydrogen-bond donors (Lipinski definition) is 2. The van der Waals surface area contributed by atoms with Gasteiger partial charge in [-0.25, -0.2) is 0 Å². The number of allylic oxidation sites excluding steroid dienone is 2. The summed E-state index contributed by atoms with van der Waals surface area (Å²) in [7, 11) is 0. The molecule has 0 radical (unpaired) electrons. The maximum absolute atomic E-state index is 12.4. The van der Waals surface area contributed by atoms with E-state index in [4.69, 9.17) is 11.6 Å². The minimum absolute atomic E-state index is 0.209. The van der Waals surface area contributed by atoms with Crippen LogP contribution in [-0.4, -0.2) is 17.0 Å². The molecule has 0 fully saturated rings. The highest BCUT2D eigenvalue weighted by molar-refractivity contribution is 6.30. The number of aliphatic carboxylic acids is 1. The van der Waals surface area contributed by atoms with Gasteiger partial charge in [0.15, 0.2) is 0 Å². The van der Waals surface area contributed by atoms with Crippen molar-refractivity contribution >= 4 is 23.5 Å². The van der Waals surface area contributed by atoms with Crippen molar-refractivity contribution in [2.45, 2.75) is 33.2 Å². The molecule has 0 saturated heterocycles. The molecule has 0 aromatic heterocycles. The number of amides is 1. The molecule has 0 aliphatic heterocycles. The van der Waals surface area contributed by atoms with E-state index in [-0.39, 0.29) is 5.91 Å². The third kappa shape index (κ3) is 3.89. The van der Waals surface area contributed by atoms with E-state index in [1.165, 1.54) is 0 Å². The number of carboxylic acid groups (broad SMARTS) is 1. The van der Waals surface area contributed by atoms with Crippen molar-refractivity contribution in [3.05, 3.63) is 46.0 Å². The fourth-order valence-corrected chi connectivity index (χ4v) is 3.01. The lowest BCUT2D eigenvalue weighted by Crippen LogP contribution is -2.39. The molecule has 5 heteroatoms. The first-order chi connectivity index (χ1) is 10.4. The van der Waals surface area contributed by atoms with Gasteiger partial charge in [0.05, 0.1) is 11.8 Å².